The summed E-state index contributed by atoms with van der Waals surface area (Å²) in [5.74, 6) is -9.59. The molecule has 7 rings (SSSR count). The third-order valence-corrected chi connectivity index (χ3v) is 12.1. The van der Waals surface area contributed by atoms with Gasteiger partial charge in [0, 0.05) is 16.9 Å². The van der Waals surface area contributed by atoms with E-state index in [-0.39, 0.29) is 37.7 Å². The van der Waals surface area contributed by atoms with Gasteiger partial charge in [0.05, 0.1) is 17.4 Å². The highest BCUT2D eigenvalue weighted by molar-refractivity contribution is 6.02. The molecule has 11 nitrogen and oxygen atoms in total. The van der Waals surface area contributed by atoms with Gasteiger partial charge in [-0.2, -0.15) is 0 Å². The van der Waals surface area contributed by atoms with Crippen LogP contribution in [0.1, 0.15) is 52.9 Å². The van der Waals surface area contributed by atoms with Crippen LogP contribution in [0.2, 0.25) is 0 Å². The third kappa shape index (κ3) is 2.25. The lowest BCUT2D eigenvalue weighted by molar-refractivity contribution is -0.351. The van der Waals surface area contributed by atoms with Crippen LogP contribution in [0.4, 0.5) is 0 Å². The number of hydrogen-bond donors (Lipinski definition) is 4. The lowest BCUT2D eigenvalue weighted by atomic mass is 9.47. The van der Waals surface area contributed by atoms with Gasteiger partial charge in [0.25, 0.3) is 0 Å². The predicted octanol–water partition coefficient (Wildman–Crippen LogP) is -0.375. The molecule has 4 N–H and O–H groups in total. The summed E-state index contributed by atoms with van der Waals surface area (Å²) in [4.78, 5) is 54.6. The fraction of sp³-hybridized carbons (Fsp3) is 0.714. The summed E-state index contributed by atoms with van der Waals surface area (Å²) >= 11 is 0. The van der Waals surface area contributed by atoms with E-state index in [2.05, 4.69) is 6.58 Å². The molecular weight excluding hydrogens is 512 g/mol. The Bertz CT molecular complexity index is 1340. The second kappa shape index (κ2) is 6.71. The van der Waals surface area contributed by atoms with Gasteiger partial charge in [-0.05, 0) is 57.9 Å². The van der Waals surface area contributed by atoms with E-state index in [1.807, 2.05) is 0 Å². The van der Waals surface area contributed by atoms with E-state index >= 15 is 0 Å². The van der Waals surface area contributed by atoms with Gasteiger partial charge in [-0.25, -0.2) is 9.59 Å². The van der Waals surface area contributed by atoms with Crippen molar-refractivity contribution in [1.29, 1.82) is 0 Å². The maximum absolute atomic E-state index is 14.6. The quantitative estimate of drug-likeness (QED) is 0.231. The van der Waals surface area contributed by atoms with Crippen molar-refractivity contribution >= 4 is 23.5 Å². The van der Waals surface area contributed by atoms with Crippen LogP contribution < -0.4 is 0 Å². The number of carbonyl (C=O) groups excluding carboxylic acids is 4. The molecule has 7 aliphatic rings. The lowest BCUT2D eigenvalue weighted by Gasteiger charge is -2.62. The maximum Gasteiger partial charge on any atom is 0.342 e. The molecular formula is C28H32O11. The van der Waals surface area contributed by atoms with Crippen molar-refractivity contribution in [2.45, 2.75) is 93.3 Å². The highest BCUT2D eigenvalue weighted by Gasteiger charge is 2.92. The van der Waals surface area contributed by atoms with Crippen LogP contribution >= 0.6 is 0 Å². The Kier molecular flexibility index (Phi) is 4.39. The first-order valence-corrected chi connectivity index (χ1v) is 13.4. The second-order valence-corrected chi connectivity index (χ2v) is 13.3. The Morgan fingerprint density at radius 1 is 1.05 bits per heavy atom. The Hall–Kier alpha value is -2.44. The van der Waals surface area contributed by atoms with E-state index in [1.54, 1.807) is 6.92 Å². The smallest absolute Gasteiger partial charge is 0.342 e. The Labute approximate surface area is 223 Å². The minimum absolute atomic E-state index is 0.0342. The van der Waals surface area contributed by atoms with Crippen LogP contribution in [0, 0.1) is 28.6 Å². The summed E-state index contributed by atoms with van der Waals surface area (Å²) in [7, 11) is 0. The number of esters is 2. The number of allylic oxidation sites excluding steroid dienone is 1. The zero-order valence-electron chi connectivity index (χ0n) is 21.9. The average Bonchev–Trinajstić information content (AvgIpc) is 3.21. The van der Waals surface area contributed by atoms with E-state index in [1.165, 1.54) is 26.0 Å². The maximum atomic E-state index is 14.6. The van der Waals surface area contributed by atoms with Gasteiger partial charge in [-0.15, -0.1) is 0 Å². The van der Waals surface area contributed by atoms with Gasteiger partial charge in [0.15, 0.2) is 28.4 Å². The van der Waals surface area contributed by atoms with Crippen LogP contribution in [-0.2, 0) is 33.4 Å². The van der Waals surface area contributed by atoms with Crippen LogP contribution in [0.5, 0.6) is 0 Å². The number of carbonyl (C=O) groups is 4. The standard InChI is InChI=1S/C28H32O11/c1-12-20(32)37-17-11-22(12,2)18-19(31)27(36)14-10-16(30)25(34)8-5-6-15(29)23(25,3)13(14)7-9-26(35)21(33)38-24(17,4)28(18,26)39-27/h5-6,13-14,16-18,30,34-36H,1,7-11H2,2-4H3/t13-,14+,16+,17+,18-,22+,23-,24-,25-,26-,27-,28-/m0/s1. The first kappa shape index (κ1) is 25.5. The van der Waals surface area contributed by atoms with Crippen molar-refractivity contribution in [3.8, 4) is 0 Å². The van der Waals surface area contributed by atoms with Crippen LogP contribution in [0.15, 0.2) is 24.3 Å². The number of ketones is 2. The van der Waals surface area contributed by atoms with E-state index in [0.717, 1.165) is 0 Å². The number of Topliss-reactive ketones (excluding diaryl/α,β-unsaturated/α-hetero) is 1. The minimum atomic E-state index is -2.70. The molecule has 0 aromatic rings. The number of aliphatic hydroxyl groups is 4. The topological polar surface area (TPSA) is 177 Å². The molecule has 12 atom stereocenters. The molecule has 0 amide bonds. The average molecular weight is 545 g/mol. The molecule has 210 valence electrons. The highest BCUT2D eigenvalue weighted by atomic mass is 16.7. The SMILES string of the molecule is C=C1C(=O)O[C@@H]2C[C@@]1(C)[C@@H]1C(=O)[C@@]3(O)O[C@]14[C@@]2(C)OC(=O)[C@@]4(O)CC[C@H]1[C@H]3C[C@@H](O)[C@@]2(O)CC=CC(=O)[C@]12C. The molecule has 4 heterocycles. The Morgan fingerprint density at radius 2 is 1.74 bits per heavy atom. The van der Waals surface area contributed by atoms with Crippen molar-refractivity contribution in [2.75, 3.05) is 0 Å². The lowest BCUT2D eigenvalue weighted by Crippen LogP contribution is -2.77. The molecule has 1 spiro atoms. The monoisotopic (exact) mass is 544 g/mol. The van der Waals surface area contributed by atoms with E-state index in [4.69, 9.17) is 14.2 Å². The van der Waals surface area contributed by atoms with E-state index in [9.17, 15) is 39.6 Å². The molecule has 0 radical (unpaired) electrons. The van der Waals surface area contributed by atoms with Gasteiger partial charge in [0.2, 0.25) is 5.79 Å². The fourth-order valence-electron chi connectivity index (χ4n) is 9.76. The zero-order valence-corrected chi connectivity index (χ0v) is 21.9. The molecule has 4 bridgehead atoms. The number of fused-ring (bicyclic) bond motifs is 9. The second-order valence-electron chi connectivity index (χ2n) is 13.3. The molecule has 3 aliphatic carbocycles. The van der Waals surface area contributed by atoms with Gasteiger partial charge in [-0.1, -0.05) is 19.6 Å². The van der Waals surface area contributed by atoms with Crippen LogP contribution in [-0.4, -0.2) is 84.3 Å². The van der Waals surface area contributed by atoms with E-state index in [0.29, 0.717) is 0 Å². The molecule has 6 fully saturated rings. The van der Waals surface area contributed by atoms with Crippen molar-refractivity contribution < 1.29 is 53.8 Å². The summed E-state index contributed by atoms with van der Waals surface area (Å²) < 4.78 is 17.8. The fourth-order valence-corrected chi connectivity index (χ4v) is 9.76. The molecule has 39 heavy (non-hydrogen) atoms. The molecule has 0 unspecified atom stereocenters. The van der Waals surface area contributed by atoms with Gasteiger partial charge < -0.3 is 34.6 Å². The number of aliphatic hydroxyl groups excluding tert-OH is 1. The van der Waals surface area contributed by atoms with E-state index < -0.39 is 92.5 Å². The van der Waals surface area contributed by atoms with Crippen molar-refractivity contribution in [3.63, 3.8) is 0 Å². The van der Waals surface area contributed by atoms with Crippen molar-refractivity contribution in [3.05, 3.63) is 24.3 Å². The van der Waals surface area contributed by atoms with Crippen LogP contribution in [0.3, 0.4) is 0 Å². The summed E-state index contributed by atoms with van der Waals surface area (Å²) in [6, 6.07) is 0. The molecule has 11 heteroatoms. The number of hydrogen-bond acceptors (Lipinski definition) is 11. The largest absolute Gasteiger partial charge is 0.455 e. The highest BCUT2D eigenvalue weighted by Crippen LogP contribution is 2.73. The third-order valence-electron chi connectivity index (χ3n) is 12.1. The Morgan fingerprint density at radius 3 is 2.44 bits per heavy atom. The van der Waals surface area contributed by atoms with Crippen molar-refractivity contribution in [2.24, 2.45) is 28.6 Å². The zero-order chi connectivity index (χ0) is 28.3. The summed E-state index contributed by atoms with van der Waals surface area (Å²) in [5, 5.41) is 47.6. The molecule has 4 saturated heterocycles. The molecule has 4 aliphatic heterocycles. The summed E-state index contributed by atoms with van der Waals surface area (Å²) in [6.07, 6.45) is -0.527. The van der Waals surface area contributed by atoms with Crippen molar-refractivity contribution in [1.82, 2.24) is 0 Å². The first-order valence-electron chi connectivity index (χ1n) is 13.4. The summed E-state index contributed by atoms with van der Waals surface area (Å²) in [5.41, 5.74) is -11.5. The van der Waals surface area contributed by atoms with Crippen LogP contribution in [0.25, 0.3) is 0 Å². The Balaban J connectivity index is 1.51. The normalized spacial score (nSPS) is 59.1. The molecule has 2 saturated carbocycles. The van der Waals surface area contributed by atoms with Gasteiger partial charge in [0.1, 0.15) is 11.7 Å². The summed E-state index contributed by atoms with van der Waals surface area (Å²) in [6.45, 7) is 8.40. The predicted molar refractivity (Wildman–Crippen MR) is 127 cm³/mol. The van der Waals surface area contributed by atoms with Gasteiger partial charge in [-0.3, -0.25) is 9.59 Å². The van der Waals surface area contributed by atoms with Gasteiger partial charge >= 0.3 is 11.9 Å². The number of ether oxygens (including phenoxy) is 3. The first-order chi connectivity index (χ1) is 18.0. The minimum Gasteiger partial charge on any atom is -0.455 e. The molecule has 0 aromatic heterocycles. The number of rotatable bonds is 0. The molecule has 0 aromatic carbocycles.